The summed E-state index contributed by atoms with van der Waals surface area (Å²) in [6, 6.07) is 11.8. The number of Topliss-reactive ketones (excluding diaryl/α,β-unsaturated/α-hetero) is 1. The standard InChI is InChI=1S/C20H13FN2O4/c21-12-7-5-11(6-8-12)19(25)23-9-14(20(26)27)18-17(16(24)10-23)13-3-1-2-4-15(13)22-18/h1-9,22H,10H2,(H,26,27). The van der Waals surface area contributed by atoms with Crippen molar-refractivity contribution in [2.75, 3.05) is 6.54 Å². The molecule has 1 aromatic heterocycles. The highest BCUT2D eigenvalue weighted by molar-refractivity contribution is 6.23. The minimum atomic E-state index is -1.27. The van der Waals surface area contributed by atoms with Crippen LogP contribution in [0.2, 0.25) is 0 Å². The summed E-state index contributed by atoms with van der Waals surface area (Å²) in [4.78, 5) is 41.4. The van der Waals surface area contributed by atoms with E-state index in [1.165, 1.54) is 12.1 Å². The second-order valence-corrected chi connectivity index (χ2v) is 6.13. The van der Waals surface area contributed by atoms with Crippen molar-refractivity contribution in [2.45, 2.75) is 0 Å². The van der Waals surface area contributed by atoms with Gasteiger partial charge in [-0.3, -0.25) is 9.59 Å². The molecule has 0 fully saturated rings. The van der Waals surface area contributed by atoms with Crippen molar-refractivity contribution in [3.63, 3.8) is 0 Å². The third-order valence-corrected chi connectivity index (χ3v) is 4.44. The van der Waals surface area contributed by atoms with Crippen molar-refractivity contribution in [2.24, 2.45) is 0 Å². The first-order chi connectivity index (χ1) is 13.0. The fourth-order valence-corrected chi connectivity index (χ4v) is 3.18. The van der Waals surface area contributed by atoms with Crippen molar-refractivity contribution in [1.82, 2.24) is 9.88 Å². The van der Waals surface area contributed by atoms with E-state index in [1.54, 1.807) is 24.3 Å². The zero-order valence-corrected chi connectivity index (χ0v) is 13.9. The van der Waals surface area contributed by atoms with Crippen molar-refractivity contribution < 1.29 is 23.9 Å². The zero-order chi connectivity index (χ0) is 19.1. The van der Waals surface area contributed by atoms with Gasteiger partial charge in [0.25, 0.3) is 5.91 Å². The number of nitrogens with one attached hydrogen (secondary N) is 1. The van der Waals surface area contributed by atoms with Gasteiger partial charge in [-0.05, 0) is 30.3 Å². The van der Waals surface area contributed by atoms with E-state index in [9.17, 15) is 23.9 Å². The summed E-state index contributed by atoms with van der Waals surface area (Å²) in [5.41, 5.74) is 1.01. The second-order valence-electron chi connectivity index (χ2n) is 6.13. The number of carboxylic acid groups (broad SMARTS) is 1. The van der Waals surface area contributed by atoms with Crippen LogP contribution in [0.15, 0.2) is 54.7 Å². The number of amides is 1. The van der Waals surface area contributed by atoms with Crippen LogP contribution >= 0.6 is 0 Å². The fourth-order valence-electron chi connectivity index (χ4n) is 3.18. The number of carbonyl (C=O) groups is 3. The number of rotatable bonds is 2. The Kier molecular flexibility index (Phi) is 3.84. The smallest absolute Gasteiger partial charge is 0.339 e. The quantitative estimate of drug-likeness (QED) is 0.731. The molecule has 2 aromatic carbocycles. The van der Waals surface area contributed by atoms with Crippen LogP contribution in [0.4, 0.5) is 4.39 Å². The second kappa shape index (κ2) is 6.21. The minimum absolute atomic E-state index is 0.153. The Morgan fingerprint density at radius 2 is 1.78 bits per heavy atom. The van der Waals surface area contributed by atoms with E-state index in [1.807, 2.05) is 0 Å². The summed E-state index contributed by atoms with van der Waals surface area (Å²) in [7, 11) is 0. The van der Waals surface area contributed by atoms with E-state index in [2.05, 4.69) is 4.98 Å². The number of ketones is 1. The minimum Gasteiger partial charge on any atom is -0.478 e. The van der Waals surface area contributed by atoms with Crippen LogP contribution in [0.3, 0.4) is 0 Å². The van der Waals surface area contributed by atoms with Crippen LogP contribution in [0.25, 0.3) is 16.5 Å². The molecule has 3 aromatic rings. The molecule has 0 saturated carbocycles. The molecule has 7 heteroatoms. The van der Waals surface area contributed by atoms with Crippen molar-refractivity contribution in [3.8, 4) is 0 Å². The highest BCUT2D eigenvalue weighted by Gasteiger charge is 2.31. The predicted molar refractivity (Wildman–Crippen MR) is 95.7 cm³/mol. The molecule has 0 bridgehead atoms. The summed E-state index contributed by atoms with van der Waals surface area (Å²) < 4.78 is 13.1. The highest BCUT2D eigenvalue weighted by atomic mass is 19.1. The molecule has 134 valence electrons. The van der Waals surface area contributed by atoms with Crippen LogP contribution in [-0.2, 0) is 4.79 Å². The lowest BCUT2D eigenvalue weighted by molar-refractivity contribution is -0.130. The van der Waals surface area contributed by atoms with Gasteiger partial charge >= 0.3 is 5.97 Å². The summed E-state index contributed by atoms with van der Waals surface area (Å²) in [5.74, 6) is -2.74. The highest BCUT2D eigenvalue weighted by Crippen LogP contribution is 2.31. The molecular formula is C20H13FN2O4. The fraction of sp³-hybridized carbons (Fsp3) is 0.0500. The average Bonchev–Trinajstić information content (AvgIpc) is 2.96. The third-order valence-electron chi connectivity index (χ3n) is 4.44. The molecule has 1 amide bonds. The summed E-state index contributed by atoms with van der Waals surface area (Å²) in [6.07, 6.45) is 1.15. The Balaban J connectivity index is 1.85. The number of nitrogens with zero attached hydrogens (tertiary/aromatic N) is 1. The molecule has 0 unspecified atom stereocenters. The van der Waals surface area contributed by atoms with Gasteiger partial charge in [0, 0.05) is 22.7 Å². The maximum Gasteiger partial charge on any atom is 0.339 e. The Hall–Kier alpha value is -3.74. The number of carboxylic acids is 1. The number of hydrogen-bond acceptors (Lipinski definition) is 3. The molecule has 0 atom stereocenters. The number of aliphatic carboxylic acids is 1. The lowest BCUT2D eigenvalue weighted by atomic mass is 10.0. The van der Waals surface area contributed by atoms with E-state index in [4.69, 9.17) is 0 Å². The van der Waals surface area contributed by atoms with Gasteiger partial charge in [-0.1, -0.05) is 18.2 Å². The predicted octanol–water partition coefficient (Wildman–Crippen LogP) is 3.07. The van der Waals surface area contributed by atoms with Gasteiger partial charge in [-0.15, -0.1) is 0 Å². The van der Waals surface area contributed by atoms with E-state index in [-0.39, 0.29) is 34.7 Å². The average molecular weight is 364 g/mol. The van der Waals surface area contributed by atoms with Gasteiger partial charge in [-0.2, -0.15) is 0 Å². The molecule has 27 heavy (non-hydrogen) atoms. The Labute approximate surface area is 152 Å². The summed E-state index contributed by atoms with van der Waals surface area (Å²) in [6.45, 7) is -0.318. The van der Waals surface area contributed by atoms with Crippen LogP contribution in [0.1, 0.15) is 26.4 Å². The van der Waals surface area contributed by atoms with E-state index in [0.29, 0.717) is 10.9 Å². The number of aromatic amines is 1. The molecule has 6 nitrogen and oxygen atoms in total. The van der Waals surface area contributed by atoms with Gasteiger partial charge in [0.15, 0.2) is 5.78 Å². The van der Waals surface area contributed by atoms with E-state index in [0.717, 1.165) is 23.2 Å². The number of aromatic nitrogens is 1. The van der Waals surface area contributed by atoms with Crippen molar-refractivity contribution >= 4 is 34.1 Å². The van der Waals surface area contributed by atoms with Gasteiger partial charge in [0.2, 0.25) is 0 Å². The lowest BCUT2D eigenvalue weighted by Crippen LogP contribution is -2.30. The summed E-state index contributed by atoms with van der Waals surface area (Å²) in [5, 5.41) is 10.2. The molecule has 4 rings (SSSR count). The van der Waals surface area contributed by atoms with Crippen LogP contribution in [0.5, 0.6) is 0 Å². The Morgan fingerprint density at radius 3 is 2.48 bits per heavy atom. The molecule has 0 aliphatic carbocycles. The molecular weight excluding hydrogens is 351 g/mol. The first-order valence-corrected chi connectivity index (χ1v) is 8.11. The molecule has 0 spiro atoms. The molecule has 2 N–H and O–H groups in total. The van der Waals surface area contributed by atoms with E-state index < -0.39 is 17.7 Å². The number of benzene rings is 2. The molecule has 0 radical (unpaired) electrons. The normalized spacial score (nSPS) is 13.9. The van der Waals surface area contributed by atoms with Crippen molar-refractivity contribution in [1.29, 1.82) is 0 Å². The number of fused-ring (bicyclic) bond motifs is 3. The molecule has 0 saturated heterocycles. The monoisotopic (exact) mass is 364 g/mol. The number of hydrogen-bond donors (Lipinski definition) is 2. The van der Waals surface area contributed by atoms with Crippen molar-refractivity contribution in [3.05, 3.63) is 77.4 Å². The maximum atomic E-state index is 13.1. The number of carbonyl (C=O) groups excluding carboxylic acids is 2. The number of halogens is 1. The molecule has 1 aliphatic heterocycles. The Morgan fingerprint density at radius 1 is 1.07 bits per heavy atom. The Bertz CT molecular complexity index is 1130. The van der Waals surface area contributed by atoms with Gasteiger partial charge in [0.05, 0.1) is 23.4 Å². The van der Waals surface area contributed by atoms with Gasteiger partial charge in [-0.25, -0.2) is 9.18 Å². The third kappa shape index (κ3) is 2.79. The van der Waals surface area contributed by atoms with Gasteiger partial charge in [0.1, 0.15) is 5.82 Å². The van der Waals surface area contributed by atoms with Crippen LogP contribution < -0.4 is 0 Å². The van der Waals surface area contributed by atoms with E-state index >= 15 is 0 Å². The van der Waals surface area contributed by atoms with Crippen LogP contribution in [0, 0.1) is 5.82 Å². The van der Waals surface area contributed by atoms with Gasteiger partial charge < -0.3 is 15.0 Å². The largest absolute Gasteiger partial charge is 0.478 e. The topological polar surface area (TPSA) is 90.5 Å². The molecule has 2 heterocycles. The number of H-pyrrole nitrogens is 1. The maximum absolute atomic E-state index is 13.1. The lowest BCUT2D eigenvalue weighted by Gasteiger charge is -2.16. The number of para-hydroxylation sites is 1. The first kappa shape index (κ1) is 16.7. The SMILES string of the molecule is O=C(O)C1=CN(C(=O)c2ccc(F)cc2)CC(=O)c2c1[nH]c1ccccc21. The first-order valence-electron chi connectivity index (χ1n) is 8.11. The zero-order valence-electron chi connectivity index (χ0n) is 13.9. The molecule has 1 aliphatic rings. The van der Waals surface area contributed by atoms with Crippen LogP contribution in [-0.4, -0.2) is 39.2 Å². The summed E-state index contributed by atoms with van der Waals surface area (Å²) >= 11 is 0.